The van der Waals surface area contributed by atoms with E-state index in [0.29, 0.717) is 16.5 Å². The van der Waals surface area contributed by atoms with Gasteiger partial charge in [-0.1, -0.05) is 12.1 Å². The Labute approximate surface area is 118 Å². The Morgan fingerprint density at radius 1 is 1.20 bits per heavy atom. The molecule has 1 N–H and O–H groups in total. The number of nitrogens with zero attached hydrogens (tertiary/aromatic N) is 1. The molecule has 0 fully saturated rings. The highest BCUT2D eigenvalue weighted by atomic mass is 31.2. The van der Waals surface area contributed by atoms with Gasteiger partial charge in [0.05, 0.1) is 29.7 Å². The van der Waals surface area contributed by atoms with Crippen LogP contribution < -0.4 is 5.30 Å². The molecule has 0 unspecified atom stereocenters. The lowest BCUT2D eigenvalue weighted by Gasteiger charge is -2.17. The van der Waals surface area contributed by atoms with Gasteiger partial charge < -0.3 is 14.3 Å². The summed E-state index contributed by atoms with van der Waals surface area (Å²) in [7, 11) is -3.44. The first-order valence-electron chi connectivity index (χ1n) is 6.65. The molecule has 0 aliphatic rings. The summed E-state index contributed by atoms with van der Waals surface area (Å²) in [5.41, 5.74) is 2.02. The van der Waals surface area contributed by atoms with Crippen LogP contribution >= 0.6 is 7.60 Å². The van der Waals surface area contributed by atoms with E-state index in [1.165, 1.54) is 0 Å². The van der Waals surface area contributed by atoms with Crippen LogP contribution in [0.1, 0.15) is 25.1 Å². The summed E-state index contributed by atoms with van der Waals surface area (Å²) in [5.74, 6) is 0. The van der Waals surface area contributed by atoms with Crippen molar-refractivity contribution in [3.63, 3.8) is 0 Å². The number of hydrogen-bond acceptors (Lipinski definition) is 4. The minimum Gasteiger partial charge on any atom is -0.428 e. The molecular formula is C14H20NO4P. The van der Waals surface area contributed by atoms with Crippen molar-refractivity contribution in [3.05, 3.63) is 29.5 Å². The molecule has 0 aliphatic carbocycles. The van der Waals surface area contributed by atoms with Gasteiger partial charge in [-0.3, -0.25) is 4.57 Å². The monoisotopic (exact) mass is 297 g/mol. The second kappa shape index (κ2) is 5.60. The molecule has 0 aliphatic heterocycles. The smallest absolute Gasteiger partial charge is 0.363 e. The fraction of sp³-hybridized carbons (Fsp3) is 0.429. The largest absolute Gasteiger partial charge is 0.428 e. The number of rotatable bonds is 5. The molecule has 0 spiro atoms. The lowest BCUT2D eigenvalue weighted by Crippen LogP contribution is -2.14. The van der Waals surface area contributed by atoms with Gasteiger partial charge in [-0.2, -0.15) is 4.73 Å². The van der Waals surface area contributed by atoms with Crippen LogP contribution in [0.4, 0.5) is 0 Å². The summed E-state index contributed by atoms with van der Waals surface area (Å²) >= 11 is 0. The summed E-state index contributed by atoms with van der Waals surface area (Å²) in [4.78, 5) is 0. The zero-order valence-electron chi connectivity index (χ0n) is 12.2. The first-order valence-corrected chi connectivity index (χ1v) is 8.20. The molecule has 110 valence electrons. The van der Waals surface area contributed by atoms with E-state index in [0.717, 1.165) is 15.7 Å². The van der Waals surface area contributed by atoms with Gasteiger partial charge in [0.25, 0.3) is 0 Å². The Morgan fingerprint density at radius 2 is 1.80 bits per heavy atom. The maximum atomic E-state index is 13.0. The molecule has 0 radical (unpaired) electrons. The first-order chi connectivity index (χ1) is 9.46. The average Bonchev–Trinajstić information content (AvgIpc) is 2.65. The minimum atomic E-state index is -3.44. The molecular weight excluding hydrogens is 277 g/mol. The molecule has 0 saturated carbocycles. The highest BCUT2D eigenvalue weighted by Crippen LogP contribution is 2.50. The summed E-state index contributed by atoms with van der Waals surface area (Å²) in [6.07, 6.45) is 0. The molecule has 0 atom stereocenters. The lowest BCUT2D eigenvalue weighted by atomic mass is 10.1. The van der Waals surface area contributed by atoms with Crippen molar-refractivity contribution >= 4 is 23.8 Å². The standard InChI is InChI=1S/C14H20NO4P/c1-5-18-20(17,19-6-2)14-11(4)15(16)12-9-7-8-10(3)13(12)14/h7-9,16H,5-6H2,1-4H3. The van der Waals surface area contributed by atoms with Crippen molar-refractivity contribution in [2.45, 2.75) is 27.7 Å². The Bertz CT molecular complexity index is 667. The van der Waals surface area contributed by atoms with Crippen LogP contribution in [0.3, 0.4) is 0 Å². The number of aryl methyl sites for hydroxylation is 1. The highest BCUT2D eigenvalue weighted by molar-refractivity contribution is 7.62. The van der Waals surface area contributed by atoms with Crippen molar-refractivity contribution in [1.29, 1.82) is 0 Å². The summed E-state index contributed by atoms with van der Waals surface area (Å²) in [6, 6.07) is 5.54. The van der Waals surface area contributed by atoms with Crippen molar-refractivity contribution in [3.8, 4) is 0 Å². The van der Waals surface area contributed by atoms with Crippen LogP contribution in [-0.2, 0) is 13.6 Å². The van der Waals surface area contributed by atoms with Crippen LogP contribution in [0.25, 0.3) is 10.9 Å². The minimum absolute atomic E-state index is 0.278. The van der Waals surface area contributed by atoms with Gasteiger partial charge >= 0.3 is 7.60 Å². The SMILES string of the molecule is CCOP(=O)(OCC)c1c(C)n(O)c2cccc(C)c12. The fourth-order valence-electron chi connectivity index (χ4n) is 2.44. The average molecular weight is 297 g/mol. The van der Waals surface area contributed by atoms with E-state index in [1.807, 2.05) is 19.1 Å². The highest BCUT2D eigenvalue weighted by Gasteiger charge is 2.34. The van der Waals surface area contributed by atoms with Gasteiger partial charge in [-0.25, -0.2) is 0 Å². The molecule has 0 bridgehead atoms. The predicted molar refractivity (Wildman–Crippen MR) is 79.1 cm³/mol. The molecule has 2 aromatic rings. The molecule has 5 nitrogen and oxygen atoms in total. The Morgan fingerprint density at radius 3 is 2.35 bits per heavy atom. The Balaban J connectivity index is 2.82. The van der Waals surface area contributed by atoms with E-state index in [4.69, 9.17) is 9.05 Å². The van der Waals surface area contributed by atoms with E-state index in [-0.39, 0.29) is 13.2 Å². The number of benzene rings is 1. The topological polar surface area (TPSA) is 60.7 Å². The van der Waals surface area contributed by atoms with Crippen LogP contribution in [0.5, 0.6) is 0 Å². The molecule has 20 heavy (non-hydrogen) atoms. The third-order valence-electron chi connectivity index (χ3n) is 3.25. The van der Waals surface area contributed by atoms with Gasteiger partial charge in [0.15, 0.2) is 0 Å². The third-order valence-corrected chi connectivity index (χ3v) is 5.54. The summed E-state index contributed by atoms with van der Waals surface area (Å²) in [5, 5.41) is 11.4. The Kier molecular flexibility index (Phi) is 4.23. The molecule has 0 amide bonds. The van der Waals surface area contributed by atoms with E-state index in [2.05, 4.69) is 0 Å². The summed E-state index contributed by atoms with van der Waals surface area (Å²) < 4.78 is 24.9. The quantitative estimate of drug-likeness (QED) is 0.679. The van der Waals surface area contributed by atoms with E-state index in [9.17, 15) is 9.77 Å². The van der Waals surface area contributed by atoms with Crippen molar-refractivity contribution in [1.82, 2.24) is 4.73 Å². The van der Waals surface area contributed by atoms with Crippen LogP contribution in [0.2, 0.25) is 0 Å². The molecule has 1 aromatic heterocycles. The van der Waals surface area contributed by atoms with Gasteiger partial charge in [0.1, 0.15) is 0 Å². The zero-order chi connectivity index (χ0) is 14.9. The van der Waals surface area contributed by atoms with E-state index >= 15 is 0 Å². The zero-order valence-corrected chi connectivity index (χ0v) is 13.1. The van der Waals surface area contributed by atoms with Crippen molar-refractivity contribution < 1.29 is 18.8 Å². The fourth-order valence-corrected chi connectivity index (χ4v) is 4.51. The van der Waals surface area contributed by atoms with Crippen molar-refractivity contribution in [2.75, 3.05) is 13.2 Å². The second-order valence-electron chi connectivity index (χ2n) is 4.55. The maximum absolute atomic E-state index is 13.0. The normalized spacial score (nSPS) is 12.2. The summed E-state index contributed by atoms with van der Waals surface area (Å²) in [6.45, 7) is 7.71. The molecule has 6 heteroatoms. The molecule has 1 aromatic carbocycles. The van der Waals surface area contributed by atoms with Gasteiger partial charge in [-0.05, 0) is 39.3 Å². The van der Waals surface area contributed by atoms with E-state index < -0.39 is 7.60 Å². The van der Waals surface area contributed by atoms with Gasteiger partial charge in [-0.15, -0.1) is 0 Å². The van der Waals surface area contributed by atoms with Gasteiger partial charge in [0, 0.05) is 5.39 Å². The number of fused-ring (bicyclic) bond motifs is 1. The van der Waals surface area contributed by atoms with Crippen LogP contribution in [-0.4, -0.2) is 23.2 Å². The van der Waals surface area contributed by atoms with Crippen molar-refractivity contribution in [2.24, 2.45) is 0 Å². The maximum Gasteiger partial charge on any atom is 0.363 e. The molecule has 1 heterocycles. The Hall–Kier alpha value is -1.29. The van der Waals surface area contributed by atoms with Crippen LogP contribution in [0, 0.1) is 13.8 Å². The first kappa shape index (κ1) is 15.1. The molecule has 2 rings (SSSR count). The molecule has 0 saturated heterocycles. The predicted octanol–water partition coefficient (Wildman–Crippen LogP) is 3.39. The second-order valence-corrected chi connectivity index (χ2v) is 6.51. The van der Waals surface area contributed by atoms with Crippen LogP contribution in [0.15, 0.2) is 18.2 Å². The number of hydrogen-bond donors (Lipinski definition) is 1. The lowest BCUT2D eigenvalue weighted by molar-refractivity contribution is 0.193. The third kappa shape index (κ3) is 2.26. The van der Waals surface area contributed by atoms with E-state index in [1.54, 1.807) is 26.8 Å². The van der Waals surface area contributed by atoms with Gasteiger partial charge in [0.2, 0.25) is 0 Å². The number of aromatic nitrogens is 1.